The molecule has 1 aliphatic carbocycles. The zero-order chi connectivity index (χ0) is 15.6. The summed E-state index contributed by atoms with van der Waals surface area (Å²) in [6, 6.07) is 1.03. The van der Waals surface area contributed by atoms with E-state index in [4.69, 9.17) is 4.74 Å². The number of nitrogens with zero attached hydrogens (tertiary/aromatic N) is 1. The monoisotopic (exact) mass is 296 g/mol. The fourth-order valence-corrected chi connectivity index (χ4v) is 3.46. The van der Waals surface area contributed by atoms with Crippen LogP contribution in [-0.4, -0.2) is 41.8 Å². The van der Waals surface area contributed by atoms with Crippen molar-refractivity contribution in [1.29, 1.82) is 0 Å². The maximum atomic E-state index is 12.1. The molecule has 1 amide bonds. The largest absolute Gasteiger partial charge is 0.444 e. The number of rotatable bonds is 2. The maximum absolute atomic E-state index is 12.1. The molecule has 1 heterocycles. The number of hydrogen-bond acceptors (Lipinski definition) is 3. The van der Waals surface area contributed by atoms with Gasteiger partial charge in [0.15, 0.2) is 0 Å². The number of nitrogens with one attached hydrogen (secondary N) is 1. The third-order valence-corrected chi connectivity index (χ3v) is 4.75. The molecule has 21 heavy (non-hydrogen) atoms. The molecule has 122 valence electrons. The van der Waals surface area contributed by atoms with E-state index in [1.54, 1.807) is 0 Å². The van der Waals surface area contributed by atoms with Crippen molar-refractivity contribution in [3.8, 4) is 0 Å². The number of ether oxygens (including phenoxy) is 1. The predicted molar refractivity (Wildman–Crippen MR) is 85.3 cm³/mol. The number of hydrogen-bond donors (Lipinski definition) is 1. The average molecular weight is 296 g/mol. The second-order valence-corrected chi connectivity index (χ2v) is 8.08. The Morgan fingerprint density at radius 3 is 2.57 bits per heavy atom. The van der Waals surface area contributed by atoms with Crippen LogP contribution in [0.15, 0.2) is 0 Å². The first-order chi connectivity index (χ1) is 9.74. The molecule has 0 aromatic carbocycles. The van der Waals surface area contributed by atoms with E-state index < -0.39 is 5.60 Å². The lowest BCUT2D eigenvalue weighted by Gasteiger charge is -2.35. The van der Waals surface area contributed by atoms with Gasteiger partial charge in [0.05, 0.1) is 0 Å². The van der Waals surface area contributed by atoms with Crippen LogP contribution in [0.3, 0.4) is 0 Å². The Balaban J connectivity index is 1.81. The molecule has 4 heteroatoms. The van der Waals surface area contributed by atoms with Gasteiger partial charge in [-0.15, -0.1) is 0 Å². The Morgan fingerprint density at radius 2 is 1.90 bits per heavy atom. The molecule has 0 spiro atoms. The van der Waals surface area contributed by atoms with Gasteiger partial charge in [-0.1, -0.05) is 20.3 Å². The lowest BCUT2D eigenvalue weighted by atomic mass is 9.80. The Labute approximate surface area is 129 Å². The van der Waals surface area contributed by atoms with Crippen LogP contribution in [0.25, 0.3) is 0 Å². The molecular weight excluding hydrogens is 264 g/mol. The van der Waals surface area contributed by atoms with Crippen LogP contribution < -0.4 is 5.32 Å². The fraction of sp³-hybridized carbons (Fsp3) is 0.941. The van der Waals surface area contributed by atoms with Crippen LogP contribution in [0.2, 0.25) is 0 Å². The standard InChI is InChI=1S/C17H32N2O2/c1-12-6-7-13(2)15(10-12)18-14-8-9-19(11-14)16(20)21-17(3,4)5/h12-15,18H,6-11H2,1-5H3. The summed E-state index contributed by atoms with van der Waals surface area (Å²) >= 11 is 0. The molecule has 2 fully saturated rings. The Bertz CT molecular complexity index is 364. The summed E-state index contributed by atoms with van der Waals surface area (Å²) in [5.41, 5.74) is -0.407. The van der Waals surface area contributed by atoms with Crippen molar-refractivity contribution in [2.24, 2.45) is 11.8 Å². The molecule has 1 saturated heterocycles. The SMILES string of the molecule is CC1CCC(C)C(NC2CCN(C(=O)OC(C)(C)C)C2)C1. The minimum absolute atomic E-state index is 0.170. The molecule has 4 unspecified atom stereocenters. The topological polar surface area (TPSA) is 41.6 Å². The van der Waals surface area contributed by atoms with Crippen LogP contribution in [-0.2, 0) is 4.74 Å². The van der Waals surface area contributed by atoms with E-state index in [1.165, 1.54) is 19.3 Å². The van der Waals surface area contributed by atoms with Gasteiger partial charge in [0.25, 0.3) is 0 Å². The van der Waals surface area contributed by atoms with Gasteiger partial charge in [0, 0.05) is 25.2 Å². The highest BCUT2D eigenvalue weighted by Gasteiger charge is 2.33. The highest BCUT2D eigenvalue weighted by molar-refractivity contribution is 5.68. The Hall–Kier alpha value is -0.770. The van der Waals surface area contributed by atoms with Crippen molar-refractivity contribution < 1.29 is 9.53 Å². The molecule has 2 aliphatic rings. The van der Waals surface area contributed by atoms with Gasteiger partial charge in [-0.25, -0.2) is 4.79 Å². The minimum atomic E-state index is -0.407. The first-order valence-corrected chi connectivity index (χ1v) is 8.48. The van der Waals surface area contributed by atoms with Crippen molar-refractivity contribution in [2.75, 3.05) is 13.1 Å². The summed E-state index contributed by atoms with van der Waals surface area (Å²) in [4.78, 5) is 13.9. The summed E-state index contributed by atoms with van der Waals surface area (Å²) in [7, 11) is 0. The summed E-state index contributed by atoms with van der Waals surface area (Å²) in [5.74, 6) is 1.57. The van der Waals surface area contributed by atoms with E-state index in [2.05, 4.69) is 19.2 Å². The molecule has 4 atom stereocenters. The minimum Gasteiger partial charge on any atom is -0.444 e. The van der Waals surface area contributed by atoms with E-state index in [1.807, 2.05) is 25.7 Å². The average Bonchev–Trinajstić information content (AvgIpc) is 2.80. The molecule has 0 aromatic heterocycles. The van der Waals surface area contributed by atoms with Crippen molar-refractivity contribution in [2.45, 2.75) is 78.0 Å². The lowest BCUT2D eigenvalue weighted by molar-refractivity contribution is 0.0289. The Kier molecular flexibility index (Phi) is 5.18. The van der Waals surface area contributed by atoms with Crippen LogP contribution in [0.4, 0.5) is 4.79 Å². The van der Waals surface area contributed by atoms with Crippen molar-refractivity contribution >= 4 is 6.09 Å². The first-order valence-electron chi connectivity index (χ1n) is 8.48. The van der Waals surface area contributed by atoms with Crippen LogP contribution in [0.5, 0.6) is 0 Å². The molecule has 2 rings (SSSR count). The molecule has 1 saturated carbocycles. The smallest absolute Gasteiger partial charge is 0.410 e. The van der Waals surface area contributed by atoms with Gasteiger partial charge in [0.2, 0.25) is 0 Å². The summed E-state index contributed by atoms with van der Waals surface area (Å²) < 4.78 is 5.46. The quantitative estimate of drug-likeness (QED) is 0.849. The highest BCUT2D eigenvalue weighted by atomic mass is 16.6. The van der Waals surface area contributed by atoms with Gasteiger partial charge in [0.1, 0.15) is 5.60 Å². The van der Waals surface area contributed by atoms with E-state index in [9.17, 15) is 4.79 Å². The Morgan fingerprint density at radius 1 is 1.19 bits per heavy atom. The molecule has 4 nitrogen and oxygen atoms in total. The van der Waals surface area contributed by atoms with Gasteiger partial charge >= 0.3 is 6.09 Å². The molecule has 1 aliphatic heterocycles. The zero-order valence-electron chi connectivity index (χ0n) is 14.3. The third-order valence-electron chi connectivity index (χ3n) is 4.75. The lowest BCUT2D eigenvalue weighted by Crippen LogP contribution is -2.46. The van der Waals surface area contributed by atoms with E-state index in [0.29, 0.717) is 12.1 Å². The normalized spacial score (nSPS) is 34.0. The van der Waals surface area contributed by atoms with Gasteiger partial charge in [-0.3, -0.25) is 0 Å². The molecule has 1 N–H and O–H groups in total. The van der Waals surface area contributed by atoms with Crippen LogP contribution >= 0.6 is 0 Å². The number of likely N-dealkylation sites (tertiary alicyclic amines) is 1. The zero-order valence-corrected chi connectivity index (χ0v) is 14.3. The number of carbonyl (C=O) groups excluding carboxylic acids is 1. The first kappa shape index (κ1) is 16.6. The predicted octanol–water partition coefficient (Wildman–Crippen LogP) is 3.41. The van der Waals surface area contributed by atoms with Gasteiger partial charge < -0.3 is 15.0 Å². The number of carbonyl (C=O) groups is 1. The molecule has 0 bridgehead atoms. The van der Waals surface area contributed by atoms with Crippen LogP contribution in [0.1, 0.15) is 60.3 Å². The number of amides is 1. The highest BCUT2D eigenvalue weighted by Crippen LogP contribution is 2.29. The van der Waals surface area contributed by atoms with E-state index in [0.717, 1.165) is 31.3 Å². The van der Waals surface area contributed by atoms with Crippen molar-refractivity contribution in [3.05, 3.63) is 0 Å². The third kappa shape index (κ3) is 4.87. The fourth-order valence-electron chi connectivity index (χ4n) is 3.46. The van der Waals surface area contributed by atoms with Gasteiger partial charge in [-0.2, -0.15) is 0 Å². The van der Waals surface area contributed by atoms with Crippen LogP contribution in [0, 0.1) is 11.8 Å². The van der Waals surface area contributed by atoms with Gasteiger partial charge in [-0.05, 0) is 51.9 Å². The van der Waals surface area contributed by atoms with E-state index >= 15 is 0 Å². The second-order valence-electron chi connectivity index (χ2n) is 8.08. The molecule has 0 radical (unpaired) electrons. The molecular formula is C17H32N2O2. The summed E-state index contributed by atoms with van der Waals surface area (Å²) in [5, 5.41) is 3.80. The maximum Gasteiger partial charge on any atom is 0.410 e. The summed E-state index contributed by atoms with van der Waals surface area (Å²) in [6.07, 6.45) is 4.81. The molecule has 0 aromatic rings. The van der Waals surface area contributed by atoms with E-state index in [-0.39, 0.29) is 6.09 Å². The second kappa shape index (κ2) is 6.55. The van der Waals surface area contributed by atoms with Crippen molar-refractivity contribution in [3.63, 3.8) is 0 Å². The summed E-state index contributed by atoms with van der Waals surface area (Å²) in [6.45, 7) is 12.0. The van der Waals surface area contributed by atoms with Crippen molar-refractivity contribution in [1.82, 2.24) is 10.2 Å².